The Hall–Kier alpha value is -5.20. The highest BCUT2D eigenvalue weighted by molar-refractivity contribution is 8.00. The molecule has 1 aliphatic heterocycles. The summed E-state index contributed by atoms with van der Waals surface area (Å²) in [6, 6.07) is 9.70. The third kappa shape index (κ3) is 12.1. The molecule has 0 saturated carbocycles. The molecule has 7 N–H and O–H groups in total. The first-order valence-corrected chi connectivity index (χ1v) is 19.5. The molecule has 4 atom stereocenters. The van der Waals surface area contributed by atoms with Gasteiger partial charge in [-0.1, -0.05) is 51.1 Å². The molecule has 1 aromatic heterocycles. The lowest BCUT2D eigenvalue weighted by Crippen LogP contribution is -2.47. The molecular weight excluding hydrogens is 763 g/mol. The Morgan fingerprint density at radius 1 is 1.04 bits per heavy atom. The van der Waals surface area contributed by atoms with Gasteiger partial charge in [-0.25, -0.2) is 13.8 Å². The second-order valence-electron chi connectivity index (χ2n) is 14.8. The van der Waals surface area contributed by atoms with Crippen LogP contribution in [0.25, 0.3) is 11.3 Å². The lowest BCUT2D eigenvalue weighted by atomic mass is 9.84. The molecule has 57 heavy (non-hydrogen) atoms. The fourth-order valence-corrected chi connectivity index (χ4v) is 7.50. The molecule has 0 bridgehead atoms. The number of likely N-dealkylation sites (tertiary alicyclic amines) is 1. The minimum atomic E-state index is -1.21. The molecule has 1 aliphatic rings. The van der Waals surface area contributed by atoms with E-state index in [9.17, 15) is 37.5 Å². The summed E-state index contributed by atoms with van der Waals surface area (Å²) in [7, 11) is 0. The smallest absolute Gasteiger partial charge is 0.321 e. The number of carboxylic acids is 1. The minimum Gasteiger partial charge on any atom is -0.480 e. The zero-order valence-corrected chi connectivity index (χ0v) is 33.2. The van der Waals surface area contributed by atoms with Crippen LogP contribution < -0.4 is 22.1 Å². The lowest BCUT2D eigenvalue weighted by molar-refractivity contribution is -0.139. The van der Waals surface area contributed by atoms with Crippen LogP contribution >= 0.6 is 11.8 Å². The fraction of sp³-hybridized carbons (Fsp3) is 0.462. The van der Waals surface area contributed by atoms with Gasteiger partial charge in [0.05, 0.1) is 23.0 Å². The summed E-state index contributed by atoms with van der Waals surface area (Å²) in [5.74, 6) is -4.31. The largest absolute Gasteiger partial charge is 0.480 e. The molecule has 3 aromatic rings. The van der Waals surface area contributed by atoms with Crippen molar-refractivity contribution in [2.24, 2.45) is 16.9 Å². The average Bonchev–Trinajstić information content (AvgIpc) is 3.67. The van der Waals surface area contributed by atoms with Gasteiger partial charge in [0.25, 0.3) is 0 Å². The van der Waals surface area contributed by atoms with Crippen molar-refractivity contribution >= 4 is 47.3 Å². The van der Waals surface area contributed by atoms with Gasteiger partial charge >= 0.3 is 5.97 Å². The maximum absolute atomic E-state index is 15.0. The van der Waals surface area contributed by atoms with Crippen molar-refractivity contribution < 1.29 is 42.7 Å². The van der Waals surface area contributed by atoms with E-state index in [1.165, 1.54) is 6.92 Å². The Kier molecular flexibility index (Phi) is 15.5. The van der Waals surface area contributed by atoms with Crippen molar-refractivity contribution in [3.63, 3.8) is 0 Å². The van der Waals surface area contributed by atoms with Crippen LogP contribution in [0.15, 0.2) is 54.7 Å². The number of rotatable bonds is 19. The first kappa shape index (κ1) is 44.5. The van der Waals surface area contributed by atoms with Crippen LogP contribution in [0.1, 0.15) is 64.4 Å². The number of thioether (sulfide) groups is 1. The molecule has 4 rings (SSSR count). The van der Waals surface area contributed by atoms with Crippen LogP contribution in [0.2, 0.25) is 0 Å². The molecule has 1 saturated heterocycles. The maximum atomic E-state index is 15.0. The summed E-state index contributed by atoms with van der Waals surface area (Å²) in [5.41, 5.74) is 12.2. The van der Waals surface area contributed by atoms with Crippen molar-refractivity contribution in [3.8, 4) is 11.3 Å². The number of carbonyl (C=O) groups excluding carboxylic acids is 5. The number of halogens is 2. The summed E-state index contributed by atoms with van der Waals surface area (Å²) in [6.07, 6.45) is 1.48. The molecule has 0 radical (unpaired) electrons. The SMILES string of the molecule is CC(=O)N(CC[C@H](N)C(=O)NCCC(=O)NCCN1C(=O)CC(SC[C@H](N)C(=O)O)C1=O)[C@@H](c1nc(-c2cc(F)ccc2F)cn1Cc1ccccc1)C(C)(C)C. The van der Waals surface area contributed by atoms with Gasteiger partial charge in [0.2, 0.25) is 29.5 Å². The van der Waals surface area contributed by atoms with Gasteiger partial charge in [-0.15, -0.1) is 11.8 Å². The van der Waals surface area contributed by atoms with E-state index in [0.717, 1.165) is 40.4 Å². The normalized spacial score (nSPS) is 15.9. The standard InChI is InChI=1S/C39H50F2N8O7S/c1-23(50)48(34(39(2,3)4)35-46-30(26-18-25(40)10-11-27(26)41)21-47(35)20-24-8-6-5-7-9-24)16-13-28(42)36(53)45-14-12-32(51)44-15-17-49-33(52)19-31(37(49)54)57-22-29(43)38(55)56/h5-11,18,21,28-29,31,34H,12-17,19-20,22,42-43H2,1-4H3,(H,44,51)(H,45,53)(H,55,56)/t28-,29-,31?,34-/m0/s1. The van der Waals surface area contributed by atoms with E-state index in [1.807, 2.05) is 55.7 Å². The number of imide groups is 1. The van der Waals surface area contributed by atoms with Crippen molar-refractivity contribution in [2.75, 3.05) is 31.9 Å². The molecule has 0 aliphatic carbocycles. The highest BCUT2D eigenvalue weighted by atomic mass is 32.2. The number of hydrogen-bond donors (Lipinski definition) is 5. The number of nitrogens with two attached hydrogens (primary N) is 2. The van der Waals surface area contributed by atoms with Gasteiger partial charge < -0.3 is 36.7 Å². The molecule has 308 valence electrons. The number of benzene rings is 2. The van der Waals surface area contributed by atoms with Gasteiger partial charge in [0.15, 0.2) is 0 Å². The van der Waals surface area contributed by atoms with Gasteiger partial charge in [-0.05, 0) is 35.6 Å². The minimum absolute atomic E-state index is 0.0200. The summed E-state index contributed by atoms with van der Waals surface area (Å²) in [5, 5.41) is 13.4. The van der Waals surface area contributed by atoms with Gasteiger partial charge in [-0.2, -0.15) is 0 Å². The van der Waals surface area contributed by atoms with E-state index >= 15 is 0 Å². The Balaban J connectivity index is 1.35. The summed E-state index contributed by atoms with van der Waals surface area (Å²) >= 11 is 1.00. The maximum Gasteiger partial charge on any atom is 0.321 e. The van der Waals surface area contributed by atoms with Crippen LogP contribution in [-0.4, -0.2) is 109 Å². The van der Waals surface area contributed by atoms with Crippen LogP contribution in [0.3, 0.4) is 0 Å². The summed E-state index contributed by atoms with van der Waals surface area (Å²) < 4.78 is 31.1. The Labute approximate surface area is 333 Å². The van der Waals surface area contributed by atoms with Crippen LogP contribution in [0.4, 0.5) is 8.78 Å². The van der Waals surface area contributed by atoms with Crippen LogP contribution in [0, 0.1) is 17.0 Å². The van der Waals surface area contributed by atoms with Crippen LogP contribution in [0.5, 0.6) is 0 Å². The van der Waals surface area contributed by atoms with Gasteiger partial charge in [0.1, 0.15) is 23.5 Å². The summed E-state index contributed by atoms with van der Waals surface area (Å²) in [6.45, 7) is 7.40. The quantitative estimate of drug-likeness (QED) is 0.111. The molecule has 15 nitrogen and oxygen atoms in total. The van der Waals surface area contributed by atoms with Gasteiger partial charge in [0, 0.05) is 70.0 Å². The molecular formula is C39H50F2N8O7S. The number of aliphatic carboxylic acids is 1. The first-order chi connectivity index (χ1) is 26.9. The predicted octanol–water partition coefficient (Wildman–Crippen LogP) is 2.42. The first-order valence-electron chi connectivity index (χ1n) is 18.4. The molecule has 2 aromatic carbocycles. The van der Waals surface area contributed by atoms with E-state index in [2.05, 4.69) is 10.6 Å². The van der Waals surface area contributed by atoms with E-state index in [4.69, 9.17) is 21.6 Å². The molecule has 2 heterocycles. The number of nitrogens with zero attached hydrogens (tertiary/aromatic N) is 4. The zero-order valence-electron chi connectivity index (χ0n) is 32.4. The van der Waals surface area contributed by atoms with Crippen LogP contribution in [-0.2, 0) is 35.3 Å². The topological polar surface area (TPSA) is 223 Å². The second-order valence-corrected chi connectivity index (χ2v) is 16.1. The average molecular weight is 813 g/mol. The van der Waals surface area contributed by atoms with E-state index < -0.39 is 70.0 Å². The van der Waals surface area contributed by atoms with E-state index in [-0.39, 0.29) is 68.4 Å². The molecule has 1 fully saturated rings. The van der Waals surface area contributed by atoms with E-state index in [1.54, 1.807) is 11.1 Å². The number of amides is 5. The number of hydrogen-bond acceptors (Lipinski definition) is 10. The lowest BCUT2D eigenvalue weighted by Gasteiger charge is -2.40. The monoisotopic (exact) mass is 812 g/mol. The number of imidazole rings is 1. The summed E-state index contributed by atoms with van der Waals surface area (Å²) in [4.78, 5) is 82.0. The Bertz CT molecular complexity index is 1940. The van der Waals surface area contributed by atoms with Crippen molar-refractivity contribution in [1.82, 2.24) is 30.0 Å². The number of carbonyl (C=O) groups is 6. The third-order valence-electron chi connectivity index (χ3n) is 9.31. The highest BCUT2D eigenvalue weighted by Gasteiger charge is 2.40. The molecule has 1 unspecified atom stereocenters. The molecule has 5 amide bonds. The van der Waals surface area contributed by atoms with Crippen molar-refractivity contribution in [1.29, 1.82) is 0 Å². The molecule has 0 spiro atoms. The number of nitrogens with one attached hydrogen (secondary N) is 2. The highest BCUT2D eigenvalue weighted by Crippen LogP contribution is 2.39. The number of carboxylic acid groups (broad SMARTS) is 1. The van der Waals surface area contributed by atoms with Crippen molar-refractivity contribution in [2.45, 2.75) is 76.9 Å². The third-order valence-corrected chi connectivity index (χ3v) is 10.6. The van der Waals surface area contributed by atoms with Crippen molar-refractivity contribution in [3.05, 3.63) is 77.8 Å². The Morgan fingerprint density at radius 3 is 2.39 bits per heavy atom. The fourth-order valence-electron chi connectivity index (χ4n) is 6.39. The van der Waals surface area contributed by atoms with Gasteiger partial charge in [-0.3, -0.25) is 33.7 Å². The molecule has 18 heteroatoms. The van der Waals surface area contributed by atoms with E-state index in [0.29, 0.717) is 12.4 Å². The number of aromatic nitrogens is 2. The zero-order chi connectivity index (χ0) is 42.0. The predicted molar refractivity (Wildman–Crippen MR) is 209 cm³/mol. The second kappa shape index (κ2) is 19.8. The Morgan fingerprint density at radius 2 is 1.74 bits per heavy atom.